The largest absolute Gasteiger partial charge is 0.342 e. The molecule has 1 amide bonds. The molecule has 24 heavy (non-hydrogen) atoms. The minimum Gasteiger partial charge on any atom is -0.342 e. The molecule has 3 atom stereocenters. The number of aromatic nitrogens is 2. The number of carbonyl (C=O) groups is 1. The molecular formula is C18H20ClN3O2. The van der Waals surface area contributed by atoms with Gasteiger partial charge in [0.1, 0.15) is 0 Å². The van der Waals surface area contributed by atoms with E-state index in [0.29, 0.717) is 35.1 Å². The Labute approximate surface area is 146 Å². The van der Waals surface area contributed by atoms with Gasteiger partial charge in [0.25, 0.3) is 0 Å². The predicted octanol–water partition coefficient (Wildman–Crippen LogP) is 3.75. The lowest BCUT2D eigenvalue weighted by atomic mass is 9.97. The SMILES string of the molecule is CC1CC1C(=O)N1CCCC(c2nc(-c3cccc(Cl)c3)no2)C1. The summed E-state index contributed by atoms with van der Waals surface area (Å²) in [6.07, 6.45) is 2.98. The molecule has 1 aromatic heterocycles. The van der Waals surface area contributed by atoms with Crippen molar-refractivity contribution in [1.82, 2.24) is 15.0 Å². The minimum atomic E-state index is 0.122. The number of benzene rings is 1. The molecule has 3 unspecified atom stereocenters. The van der Waals surface area contributed by atoms with Crippen molar-refractivity contribution in [2.24, 2.45) is 11.8 Å². The lowest BCUT2D eigenvalue weighted by Crippen LogP contribution is -2.40. The molecule has 1 aromatic carbocycles. The molecular weight excluding hydrogens is 326 g/mol. The van der Waals surface area contributed by atoms with E-state index in [0.717, 1.165) is 31.4 Å². The fourth-order valence-electron chi connectivity index (χ4n) is 3.43. The van der Waals surface area contributed by atoms with Crippen LogP contribution < -0.4 is 0 Å². The van der Waals surface area contributed by atoms with Crippen LogP contribution in [-0.2, 0) is 4.79 Å². The van der Waals surface area contributed by atoms with E-state index in [1.807, 2.05) is 29.2 Å². The Morgan fingerprint density at radius 1 is 1.42 bits per heavy atom. The average Bonchev–Trinajstić information content (AvgIpc) is 3.12. The number of nitrogens with zero attached hydrogens (tertiary/aromatic N) is 3. The lowest BCUT2D eigenvalue weighted by molar-refractivity contribution is -0.134. The van der Waals surface area contributed by atoms with Gasteiger partial charge in [-0.3, -0.25) is 4.79 Å². The van der Waals surface area contributed by atoms with Gasteiger partial charge in [0, 0.05) is 29.6 Å². The van der Waals surface area contributed by atoms with Crippen molar-refractivity contribution in [2.75, 3.05) is 13.1 Å². The molecule has 1 saturated carbocycles. The number of amides is 1. The molecule has 0 radical (unpaired) electrons. The molecule has 0 N–H and O–H groups in total. The van der Waals surface area contributed by atoms with Crippen molar-refractivity contribution >= 4 is 17.5 Å². The molecule has 2 heterocycles. The molecule has 4 rings (SSSR count). The standard InChI is InChI=1S/C18H20ClN3O2/c1-11-8-15(11)18(23)22-7-3-5-13(10-22)17-20-16(21-24-17)12-4-2-6-14(19)9-12/h2,4,6,9,11,13,15H,3,5,7-8,10H2,1H3. The summed E-state index contributed by atoms with van der Waals surface area (Å²) in [4.78, 5) is 19.0. The maximum Gasteiger partial charge on any atom is 0.231 e. The van der Waals surface area contributed by atoms with Gasteiger partial charge in [0.15, 0.2) is 0 Å². The fourth-order valence-corrected chi connectivity index (χ4v) is 3.62. The van der Waals surface area contributed by atoms with Crippen molar-refractivity contribution < 1.29 is 9.32 Å². The molecule has 1 aliphatic carbocycles. The van der Waals surface area contributed by atoms with Gasteiger partial charge in [-0.05, 0) is 37.3 Å². The summed E-state index contributed by atoms with van der Waals surface area (Å²) in [5, 5.41) is 4.73. The number of hydrogen-bond donors (Lipinski definition) is 0. The van der Waals surface area contributed by atoms with E-state index in [1.165, 1.54) is 0 Å². The van der Waals surface area contributed by atoms with Gasteiger partial charge in [-0.15, -0.1) is 0 Å². The number of piperidine rings is 1. The normalized spacial score (nSPS) is 26.4. The number of hydrogen-bond acceptors (Lipinski definition) is 4. The molecule has 1 aliphatic heterocycles. The monoisotopic (exact) mass is 345 g/mol. The predicted molar refractivity (Wildman–Crippen MR) is 90.6 cm³/mol. The number of likely N-dealkylation sites (tertiary alicyclic amines) is 1. The van der Waals surface area contributed by atoms with E-state index >= 15 is 0 Å². The zero-order valence-corrected chi connectivity index (χ0v) is 14.4. The molecule has 126 valence electrons. The molecule has 0 bridgehead atoms. The van der Waals surface area contributed by atoms with Gasteiger partial charge >= 0.3 is 0 Å². The second kappa shape index (κ2) is 6.20. The second-order valence-electron chi connectivity index (χ2n) is 6.91. The highest BCUT2D eigenvalue weighted by Gasteiger charge is 2.42. The van der Waals surface area contributed by atoms with E-state index in [2.05, 4.69) is 17.1 Å². The first-order valence-corrected chi connectivity index (χ1v) is 8.88. The van der Waals surface area contributed by atoms with Gasteiger partial charge < -0.3 is 9.42 Å². The van der Waals surface area contributed by atoms with Gasteiger partial charge in [-0.25, -0.2) is 0 Å². The van der Waals surface area contributed by atoms with Crippen LogP contribution in [0.25, 0.3) is 11.4 Å². The zero-order chi connectivity index (χ0) is 16.7. The third-order valence-corrected chi connectivity index (χ3v) is 5.27. The molecule has 1 saturated heterocycles. The first kappa shape index (κ1) is 15.6. The molecule has 0 spiro atoms. The highest BCUT2D eigenvalue weighted by Crippen LogP contribution is 2.40. The smallest absolute Gasteiger partial charge is 0.231 e. The van der Waals surface area contributed by atoms with E-state index in [9.17, 15) is 4.79 Å². The number of rotatable bonds is 3. The quantitative estimate of drug-likeness (QED) is 0.850. The lowest BCUT2D eigenvalue weighted by Gasteiger charge is -2.31. The van der Waals surface area contributed by atoms with E-state index in [4.69, 9.17) is 16.1 Å². The maximum absolute atomic E-state index is 12.5. The Morgan fingerprint density at radius 3 is 3.00 bits per heavy atom. The van der Waals surface area contributed by atoms with Crippen LogP contribution in [0.15, 0.2) is 28.8 Å². The third-order valence-electron chi connectivity index (χ3n) is 5.03. The van der Waals surface area contributed by atoms with Crippen LogP contribution in [0.5, 0.6) is 0 Å². The van der Waals surface area contributed by atoms with Gasteiger partial charge in [0.05, 0.1) is 5.92 Å². The summed E-state index contributed by atoms with van der Waals surface area (Å²) in [7, 11) is 0. The van der Waals surface area contributed by atoms with Crippen LogP contribution in [0, 0.1) is 11.8 Å². The van der Waals surface area contributed by atoms with Gasteiger partial charge in [-0.1, -0.05) is 35.8 Å². The Morgan fingerprint density at radius 2 is 2.25 bits per heavy atom. The summed E-state index contributed by atoms with van der Waals surface area (Å²) in [5.74, 6) is 2.35. The van der Waals surface area contributed by atoms with E-state index in [-0.39, 0.29) is 11.8 Å². The first-order chi connectivity index (χ1) is 11.6. The van der Waals surface area contributed by atoms with Crippen molar-refractivity contribution in [3.63, 3.8) is 0 Å². The second-order valence-corrected chi connectivity index (χ2v) is 7.35. The van der Waals surface area contributed by atoms with E-state index in [1.54, 1.807) is 0 Å². The summed E-state index contributed by atoms with van der Waals surface area (Å²) in [6.45, 7) is 3.66. The average molecular weight is 346 g/mol. The minimum absolute atomic E-state index is 0.122. The Kier molecular flexibility index (Phi) is 4.04. The Hall–Kier alpha value is -1.88. The Bertz CT molecular complexity index is 760. The van der Waals surface area contributed by atoms with Gasteiger partial charge in [0.2, 0.25) is 17.6 Å². The Balaban J connectivity index is 1.48. The highest BCUT2D eigenvalue weighted by molar-refractivity contribution is 6.30. The molecule has 5 nitrogen and oxygen atoms in total. The van der Waals surface area contributed by atoms with Crippen LogP contribution >= 0.6 is 11.6 Å². The first-order valence-electron chi connectivity index (χ1n) is 8.50. The summed E-state index contributed by atoms with van der Waals surface area (Å²) >= 11 is 6.02. The van der Waals surface area contributed by atoms with Crippen molar-refractivity contribution in [3.8, 4) is 11.4 Å². The van der Waals surface area contributed by atoms with E-state index < -0.39 is 0 Å². The molecule has 2 aromatic rings. The zero-order valence-electron chi connectivity index (χ0n) is 13.6. The van der Waals surface area contributed by atoms with Crippen LogP contribution in [0.1, 0.15) is 38.0 Å². The highest BCUT2D eigenvalue weighted by atomic mass is 35.5. The molecule has 6 heteroatoms. The van der Waals surface area contributed by atoms with Crippen LogP contribution in [-0.4, -0.2) is 34.0 Å². The van der Waals surface area contributed by atoms with Gasteiger partial charge in [-0.2, -0.15) is 4.98 Å². The van der Waals surface area contributed by atoms with Crippen LogP contribution in [0.4, 0.5) is 0 Å². The van der Waals surface area contributed by atoms with Crippen molar-refractivity contribution in [2.45, 2.75) is 32.1 Å². The number of halogens is 1. The molecule has 2 aliphatic rings. The maximum atomic E-state index is 12.5. The van der Waals surface area contributed by atoms with Crippen LogP contribution in [0.2, 0.25) is 5.02 Å². The fraction of sp³-hybridized carbons (Fsp3) is 0.500. The third kappa shape index (κ3) is 3.05. The van der Waals surface area contributed by atoms with Crippen molar-refractivity contribution in [1.29, 1.82) is 0 Å². The topological polar surface area (TPSA) is 59.2 Å². The number of carbonyl (C=O) groups excluding carboxylic acids is 1. The summed E-state index contributed by atoms with van der Waals surface area (Å²) < 4.78 is 5.48. The summed E-state index contributed by atoms with van der Waals surface area (Å²) in [5.41, 5.74) is 0.841. The summed E-state index contributed by atoms with van der Waals surface area (Å²) in [6, 6.07) is 7.41. The van der Waals surface area contributed by atoms with Crippen LogP contribution in [0.3, 0.4) is 0 Å². The van der Waals surface area contributed by atoms with Crippen molar-refractivity contribution in [3.05, 3.63) is 35.2 Å². The molecule has 2 fully saturated rings.